The van der Waals surface area contributed by atoms with E-state index in [2.05, 4.69) is 155 Å². The molecule has 6 nitrogen and oxygen atoms in total. The molecule has 0 unspecified atom stereocenters. The lowest BCUT2D eigenvalue weighted by Crippen LogP contribution is -2.06. The summed E-state index contributed by atoms with van der Waals surface area (Å²) in [5.74, 6) is 1.81. The highest BCUT2D eigenvalue weighted by atomic mass is 32.1. The molecule has 61 heavy (non-hydrogen) atoms. The monoisotopic (exact) mass is 796 g/mol. The molecule has 0 N–H and O–H groups in total. The van der Waals surface area contributed by atoms with Crippen molar-refractivity contribution in [3.8, 4) is 45.5 Å². The van der Waals surface area contributed by atoms with Crippen LogP contribution in [0.3, 0.4) is 0 Å². The van der Waals surface area contributed by atoms with Crippen LogP contribution < -0.4 is 0 Å². The van der Waals surface area contributed by atoms with Crippen LogP contribution in [-0.4, -0.2) is 29.1 Å². The summed E-state index contributed by atoms with van der Waals surface area (Å²) >= 11 is 1.78. The lowest BCUT2D eigenvalue weighted by atomic mass is 9.97. The summed E-state index contributed by atoms with van der Waals surface area (Å²) in [4.78, 5) is 20.7. The molecule has 0 aliphatic carbocycles. The van der Waals surface area contributed by atoms with Crippen molar-refractivity contribution < 1.29 is 0 Å². The van der Waals surface area contributed by atoms with Crippen molar-refractivity contribution in [2.75, 3.05) is 0 Å². The predicted molar refractivity (Wildman–Crippen MR) is 253 cm³/mol. The van der Waals surface area contributed by atoms with Gasteiger partial charge in [0.1, 0.15) is 0 Å². The number of hydrogen-bond donors (Lipinski definition) is 0. The highest BCUT2D eigenvalue weighted by molar-refractivity contribution is 7.26. The van der Waals surface area contributed by atoms with Crippen molar-refractivity contribution in [2.24, 2.45) is 0 Å². The largest absolute Gasteiger partial charge is 0.309 e. The van der Waals surface area contributed by atoms with Crippen LogP contribution in [0.25, 0.3) is 120 Å². The number of aromatic nitrogens is 6. The maximum absolute atomic E-state index is 5.31. The first-order valence-corrected chi connectivity index (χ1v) is 21.2. The quantitative estimate of drug-likeness (QED) is 0.174. The number of fused-ring (bicyclic) bond motifs is 13. The summed E-state index contributed by atoms with van der Waals surface area (Å²) < 4.78 is 6.93. The zero-order chi connectivity index (χ0) is 40.0. The Kier molecular flexibility index (Phi) is 7.37. The van der Waals surface area contributed by atoms with Crippen LogP contribution in [0.4, 0.5) is 0 Å². The van der Waals surface area contributed by atoms with Crippen LogP contribution >= 0.6 is 11.3 Å². The van der Waals surface area contributed by atoms with Crippen LogP contribution in [0.1, 0.15) is 0 Å². The first-order valence-electron chi connectivity index (χ1n) is 20.4. The van der Waals surface area contributed by atoms with Gasteiger partial charge in [-0.2, -0.15) is 9.97 Å². The smallest absolute Gasteiger partial charge is 0.238 e. The normalized spacial score (nSPS) is 11.9. The Labute approximate surface area is 353 Å². The molecule has 0 amide bonds. The van der Waals surface area contributed by atoms with E-state index < -0.39 is 0 Å². The van der Waals surface area contributed by atoms with Crippen molar-refractivity contribution in [1.82, 2.24) is 29.1 Å². The number of rotatable bonds is 5. The molecule has 8 aromatic carbocycles. The summed E-state index contributed by atoms with van der Waals surface area (Å²) in [6, 6.07) is 66.4. The van der Waals surface area contributed by atoms with Crippen molar-refractivity contribution in [3.63, 3.8) is 0 Å². The molecule has 0 saturated carbocycles. The first-order chi connectivity index (χ1) is 30.3. The molecular formula is C54H32N6S. The summed E-state index contributed by atoms with van der Waals surface area (Å²) in [7, 11) is 0. The second-order valence-electron chi connectivity index (χ2n) is 15.4. The standard InChI is InChI=1S/C54H32N6S/c1-4-15-33(16-5-1)52-56-53(34-17-6-2-7-18-34)58-54(57-52)60-45-29-27-36(35-26-28-44-41(31-35)38-21-12-13-24-43(38)59(44)37-19-8-3-9-20-37)32-42(45)47-39-22-10-11-23-40(39)48-49-46(25-14-30-55-49)61-51(48)50(47)60/h1-32H. The van der Waals surface area contributed by atoms with Gasteiger partial charge in [-0.05, 0) is 76.5 Å². The fourth-order valence-electron chi connectivity index (χ4n) is 9.34. The highest BCUT2D eigenvalue weighted by Crippen LogP contribution is 2.48. The van der Waals surface area contributed by atoms with Gasteiger partial charge in [-0.1, -0.05) is 133 Å². The second kappa shape index (κ2) is 13.3. The average Bonchev–Trinajstić information content (AvgIpc) is 4.00. The molecule has 284 valence electrons. The summed E-state index contributed by atoms with van der Waals surface area (Å²) in [5.41, 5.74) is 10.8. The van der Waals surface area contributed by atoms with Gasteiger partial charge in [-0.25, -0.2) is 4.98 Å². The second-order valence-corrected chi connectivity index (χ2v) is 16.5. The molecule has 0 aliphatic heterocycles. The van der Waals surface area contributed by atoms with E-state index in [4.69, 9.17) is 19.9 Å². The summed E-state index contributed by atoms with van der Waals surface area (Å²) in [6.45, 7) is 0. The van der Waals surface area contributed by atoms with Crippen LogP contribution in [0.5, 0.6) is 0 Å². The van der Waals surface area contributed by atoms with Gasteiger partial charge in [0, 0.05) is 49.9 Å². The lowest BCUT2D eigenvalue weighted by Gasteiger charge is -2.12. The van der Waals surface area contributed by atoms with Crippen molar-refractivity contribution in [3.05, 3.63) is 194 Å². The third-order valence-electron chi connectivity index (χ3n) is 12.0. The van der Waals surface area contributed by atoms with Gasteiger partial charge in [0.05, 0.1) is 37.0 Å². The molecule has 5 heterocycles. The number of para-hydroxylation sites is 2. The number of benzene rings is 8. The molecule has 5 aromatic heterocycles. The molecule has 0 atom stereocenters. The SMILES string of the molecule is c1ccc(-c2nc(-c3ccccc3)nc(-n3c4ccc(-c5ccc6c(c5)c5ccccc5n6-c5ccccc5)cc4c4c5ccccc5c5c6ncccc6sc5c43)n2)cc1. The van der Waals surface area contributed by atoms with Gasteiger partial charge in [-0.3, -0.25) is 9.55 Å². The Balaban J connectivity index is 1.14. The van der Waals surface area contributed by atoms with E-state index >= 15 is 0 Å². The van der Waals surface area contributed by atoms with Crippen molar-refractivity contribution in [2.45, 2.75) is 0 Å². The molecule has 0 spiro atoms. The Hall–Kier alpha value is -8.00. The van der Waals surface area contributed by atoms with Gasteiger partial charge in [0.15, 0.2) is 11.6 Å². The topological polar surface area (TPSA) is 61.4 Å². The van der Waals surface area contributed by atoms with Gasteiger partial charge < -0.3 is 4.57 Å². The molecule has 0 aliphatic rings. The summed E-state index contributed by atoms with van der Waals surface area (Å²) in [6.07, 6.45) is 1.90. The van der Waals surface area contributed by atoms with E-state index in [9.17, 15) is 0 Å². The molecule has 0 fully saturated rings. The molecule has 13 rings (SSSR count). The molecular weight excluding hydrogens is 765 g/mol. The zero-order valence-corrected chi connectivity index (χ0v) is 33.4. The molecule has 0 saturated heterocycles. The lowest BCUT2D eigenvalue weighted by molar-refractivity contribution is 0.955. The van der Waals surface area contributed by atoms with E-state index in [1.54, 1.807) is 11.3 Å². The maximum atomic E-state index is 5.31. The Morgan fingerprint density at radius 2 is 0.951 bits per heavy atom. The van der Waals surface area contributed by atoms with E-state index in [0.29, 0.717) is 17.6 Å². The maximum Gasteiger partial charge on any atom is 0.238 e. The van der Waals surface area contributed by atoms with Crippen LogP contribution in [-0.2, 0) is 0 Å². The van der Waals surface area contributed by atoms with Crippen molar-refractivity contribution >= 4 is 86.0 Å². The molecule has 13 aromatic rings. The minimum absolute atomic E-state index is 0.567. The minimum atomic E-state index is 0.567. The van der Waals surface area contributed by atoms with Gasteiger partial charge >= 0.3 is 0 Å². The van der Waals surface area contributed by atoms with E-state index in [1.807, 2.05) is 48.7 Å². The van der Waals surface area contributed by atoms with E-state index in [0.717, 1.165) is 70.0 Å². The average molecular weight is 797 g/mol. The molecule has 0 radical (unpaired) electrons. The molecule has 0 bridgehead atoms. The van der Waals surface area contributed by atoms with Gasteiger partial charge in [-0.15, -0.1) is 11.3 Å². The Morgan fingerprint density at radius 3 is 1.64 bits per heavy atom. The number of thiophene rings is 1. The van der Waals surface area contributed by atoms with E-state index in [1.165, 1.54) is 32.6 Å². The Bertz CT molecular complexity index is 3810. The predicted octanol–water partition coefficient (Wildman–Crippen LogP) is 14.0. The minimum Gasteiger partial charge on any atom is -0.309 e. The third kappa shape index (κ3) is 5.14. The Morgan fingerprint density at radius 1 is 0.393 bits per heavy atom. The summed E-state index contributed by atoms with van der Waals surface area (Å²) in [5, 5.41) is 8.23. The fraction of sp³-hybridized carbons (Fsp3) is 0. The third-order valence-corrected chi connectivity index (χ3v) is 13.2. The number of nitrogens with zero attached hydrogens (tertiary/aromatic N) is 6. The van der Waals surface area contributed by atoms with E-state index in [-0.39, 0.29) is 0 Å². The van der Waals surface area contributed by atoms with Gasteiger partial charge in [0.2, 0.25) is 5.95 Å². The molecule has 7 heteroatoms. The van der Waals surface area contributed by atoms with Crippen LogP contribution in [0.2, 0.25) is 0 Å². The number of hydrogen-bond acceptors (Lipinski definition) is 5. The highest BCUT2D eigenvalue weighted by Gasteiger charge is 2.25. The first kappa shape index (κ1) is 33.9. The fourth-order valence-corrected chi connectivity index (χ4v) is 10.6. The van der Waals surface area contributed by atoms with Gasteiger partial charge in [0.25, 0.3) is 0 Å². The van der Waals surface area contributed by atoms with Crippen molar-refractivity contribution in [1.29, 1.82) is 0 Å². The zero-order valence-electron chi connectivity index (χ0n) is 32.6. The van der Waals surface area contributed by atoms with Crippen LogP contribution in [0, 0.1) is 0 Å². The number of pyridine rings is 1. The van der Waals surface area contributed by atoms with Crippen LogP contribution in [0.15, 0.2) is 194 Å².